The molecule has 1 aromatic carbocycles. The highest BCUT2D eigenvalue weighted by molar-refractivity contribution is 7.17. The van der Waals surface area contributed by atoms with Gasteiger partial charge in [0.1, 0.15) is 10.8 Å². The number of thiophene rings is 1. The number of esters is 1. The summed E-state index contributed by atoms with van der Waals surface area (Å²) < 4.78 is 18.7. The Morgan fingerprint density at radius 1 is 1.29 bits per heavy atom. The van der Waals surface area contributed by atoms with E-state index in [1.807, 2.05) is 0 Å². The predicted octanol–water partition coefficient (Wildman–Crippen LogP) is 2.98. The summed E-state index contributed by atoms with van der Waals surface area (Å²) in [6, 6.07) is 6.18. The Hall–Kier alpha value is -2.74. The summed E-state index contributed by atoms with van der Waals surface area (Å²) in [6.45, 7) is 1.45. The summed E-state index contributed by atoms with van der Waals surface area (Å²) in [7, 11) is 0. The number of anilines is 1. The van der Waals surface area contributed by atoms with Crippen LogP contribution in [0.5, 0.6) is 0 Å². The van der Waals surface area contributed by atoms with Crippen molar-refractivity contribution in [2.24, 2.45) is 5.73 Å². The second-order valence-corrected chi connectivity index (χ2v) is 7.74. The SMILES string of the molecule is C[C@@H](OC(=O)CCc1ccccc1F)C(=O)Nc1sc2c(c1C(N)=O)CCC2. The Morgan fingerprint density at radius 2 is 2.04 bits per heavy atom. The molecule has 0 aliphatic heterocycles. The maximum Gasteiger partial charge on any atom is 0.306 e. The van der Waals surface area contributed by atoms with Crippen LogP contribution >= 0.6 is 11.3 Å². The molecule has 3 rings (SSSR count). The fraction of sp³-hybridized carbons (Fsp3) is 0.350. The molecule has 148 valence electrons. The van der Waals surface area contributed by atoms with Crippen LogP contribution in [-0.4, -0.2) is 23.9 Å². The molecule has 1 aliphatic carbocycles. The van der Waals surface area contributed by atoms with Crippen LogP contribution in [0.3, 0.4) is 0 Å². The molecule has 0 saturated carbocycles. The second-order valence-electron chi connectivity index (χ2n) is 6.64. The van der Waals surface area contributed by atoms with Gasteiger partial charge in [-0.1, -0.05) is 18.2 Å². The van der Waals surface area contributed by atoms with Gasteiger partial charge in [0.05, 0.1) is 5.56 Å². The van der Waals surface area contributed by atoms with Gasteiger partial charge in [-0.05, 0) is 49.8 Å². The standard InChI is InChI=1S/C20H21FN2O4S/c1-11(27-16(24)10-9-12-5-2-3-7-14(12)21)19(26)23-20-17(18(22)25)13-6-4-8-15(13)28-20/h2-3,5,7,11H,4,6,8-10H2,1H3,(H2,22,25)(H,23,26)/t11-/m1/s1. The molecular formula is C20H21FN2O4S. The normalized spacial score (nSPS) is 13.6. The molecule has 2 amide bonds. The zero-order chi connectivity index (χ0) is 20.3. The lowest BCUT2D eigenvalue weighted by atomic mass is 10.1. The summed E-state index contributed by atoms with van der Waals surface area (Å²) in [4.78, 5) is 37.2. The van der Waals surface area contributed by atoms with Crippen LogP contribution in [0.2, 0.25) is 0 Å². The third-order valence-corrected chi connectivity index (χ3v) is 5.85. The third-order valence-electron chi connectivity index (χ3n) is 4.64. The van der Waals surface area contributed by atoms with E-state index in [9.17, 15) is 18.8 Å². The van der Waals surface area contributed by atoms with Crippen molar-refractivity contribution < 1.29 is 23.5 Å². The Labute approximate surface area is 165 Å². The van der Waals surface area contributed by atoms with Gasteiger partial charge in [-0.2, -0.15) is 0 Å². The summed E-state index contributed by atoms with van der Waals surface area (Å²) in [6.07, 6.45) is 1.68. The van der Waals surface area contributed by atoms with E-state index in [1.165, 1.54) is 24.3 Å². The lowest BCUT2D eigenvalue weighted by Gasteiger charge is -2.13. The molecule has 1 aromatic heterocycles. The highest BCUT2D eigenvalue weighted by Gasteiger charge is 2.27. The van der Waals surface area contributed by atoms with Crippen molar-refractivity contribution >= 4 is 34.1 Å². The Morgan fingerprint density at radius 3 is 2.75 bits per heavy atom. The van der Waals surface area contributed by atoms with Crippen molar-refractivity contribution in [1.82, 2.24) is 0 Å². The number of ether oxygens (including phenoxy) is 1. The van der Waals surface area contributed by atoms with Crippen LogP contribution in [-0.2, 0) is 33.6 Å². The van der Waals surface area contributed by atoms with Crippen molar-refractivity contribution in [2.75, 3.05) is 5.32 Å². The fourth-order valence-electron chi connectivity index (χ4n) is 3.21. The zero-order valence-electron chi connectivity index (χ0n) is 15.4. The average Bonchev–Trinajstić information content (AvgIpc) is 3.21. The lowest BCUT2D eigenvalue weighted by Crippen LogP contribution is -2.30. The number of nitrogens with one attached hydrogen (secondary N) is 1. The van der Waals surface area contributed by atoms with Crippen LogP contribution < -0.4 is 11.1 Å². The number of benzene rings is 1. The number of carbonyl (C=O) groups excluding carboxylic acids is 3. The number of primary amides is 1. The van der Waals surface area contributed by atoms with E-state index in [4.69, 9.17) is 10.5 Å². The highest BCUT2D eigenvalue weighted by atomic mass is 32.1. The number of carbonyl (C=O) groups is 3. The minimum absolute atomic E-state index is 0.0433. The Balaban J connectivity index is 1.57. The molecule has 0 unspecified atom stereocenters. The van der Waals surface area contributed by atoms with E-state index in [1.54, 1.807) is 18.2 Å². The van der Waals surface area contributed by atoms with Crippen molar-refractivity contribution in [3.8, 4) is 0 Å². The molecule has 1 aliphatic rings. The molecule has 28 heavy (non-hydrogen) atoms. The molecule has 8 heteroatoms. The molecule has 0 fully saturated rings. The number of nitrogens with two attached hydrogens (primary N) is 1. The summed E-state index contributed by atoms with van der Waals surface area (Å²) in [5, 5.41) is 3.05. The maximum atomic E-state index is 13.6. The number of fused-ring (bicyclic) bond motifs is 1. The monoisotopic (exact) mass is 404 g/mol. The third kappa shape index (κ3) is 4.39. The van der Waals surface area contributed by atoms with Crippen LogP contribution in [0, 0.1) is 5.82 Å². The minimum Gasteiger partial charge on any atom is -0.453 e. The fourth-order valence-corrected chi connectivity index (χ4v) is 4.51. The van der Waals surface area contributed by atoms with Crippen LogP contribution in [0.4, 0.5) is 9.39 Å². The molecule has 0 radical (unpaired) electrons. The molecule has 3 N–H and O–H groups in total. The van der Waals surface area contributed by atoms with E-state index in [0.29, 0.717) is 16.1 Å². The highest BCUT2D eigenvalue weighted by Crippen LogP contribution is 2.38. The maximum absolute atomic E-state index is 13.6. The minimum atomic E-state index is -1.05. The van der Waals surface area contributed by atoms with E-state index >= 15 is 0 Å². The lowest BCUT2D eigenvalue weighted by molar-refractivity contribution is -0.153. The first-order valence-electron chi connectivity index (χ1n) is 9.05. The number of hydrogen-bond acceptors (Lipinski definition) is 5. The van der Waals surface area contributed by atoms with Gasteiger partial charge in [0.2, 0.25) is 0 Å². The van der Waals surface area contributed by atoms with Gasteiger partial charge >= 0.3 is 5.97 Å². The largest absolute Gasteiger partial charge is 0.453 e. The summed E-state index contributed by atoms with van der Waals surface area (Å²) in [5.74, 6) is -2.11. The van der Waals surface area contributed by atoms with Crippen molar-refractivity contribution in [3.05, 3.63) is 51.7 Å². The van der Waals surface area contributed by atoms with Crippen molar-refractivity contribution in [1.29, 1.82) is 0 Å². The molecule has 1 heterocycles. The molecule has 6 nitrogen and oxygen atoms in total. The number of hydrogen-bond donors (Lipinski definition) is 2. The summed E-state index contributed by atoms with van der Waals surface area (Å²) >= 11 is 1.34. The quantitative estimate of drug-likeness (QED) is 0.693. The second kappa shape index (κ2) is 8.52. The van der Waals surface area contributed by atoms with Gasteiger partial charge < -0.3 is 15.8 Å². The first kappa shape index (κ1) is 20.0. The van der Waals surface area contributed by atoms with Gasteiger partial charge in [0.25, 0.3) is 11.8 Å². The van der Waals surface area contributed by atoms with Gasteiger partial charge in [-0.25, -0.2) is 4.39 Å². The van der Waals surface area contributed by atoms with Gasteiger partial charge in [0, 0.05) is 11.3 Å². The molecule has 0 spiro atoms. The van der Waals surface area contributed by atoms with Crippen molar-refractivity contribution in [2.45, 2.75) is 45.1 Å². The van der Waals surface area contributed by atoms with E-state index < -0.39 is 23.9 Å². The number of amides is 2. The topological polar surface area (TPSA) is 98.5 Å². The van der Waals surface area contributed by atoms with E-state index in [2.05, 4.69) is 5.32 Å². The van der Waals surface area contributed by atoms with Gasteiger partial charge in [-0.15, -0.1) is 11.3 Å². The Bertz CT molecular complexity index is 925. The zero-order valence-corrected chi connectivity index (χ0v) is 16.2. The predicted molar refractivity (Wildman–Crippen MR) is 104 cm³/mol. The van der Waals surface area contributed by atoms with E-state index in [0.717, 1.165) is 29.7 Å². The first-order valence-corrected chi connectivity index (χ1v) is 9.86. The van der Waals surface area contributed by atoms with Crippen LogP contribution in [0.15, 0.2) is 24.3 Å². The molecule has 2 aromatic rings. The first-order chi connectivity index (χ1) is 13.4. The van der Waals surface area contributed by atoms with Gasteiger partial charge in [0.15, 0.2) is 6.10 Å². The number of halogens is 1. The number of aryl methyl sites for hydroxylation is 2. The van der Waals surface area contributed by atoms with Gasteiger partial charge in [-0.3, -0.25) is 14.4 Å². The van der Waals surface area contributed by atoms with Crippen molar-refractivity contribution in [3.63, 3.8) is 0 Å². The Kier molecular flexibility index (Phi) is 6.08. The number of rotatable bonds is 7. The molecular weight excluding hydrogens is 383 g/mol. The smallest absolute Gasteiger partial charge is 0.306 e. The van der Waals surface area contributed by atoms with Crippen LogP contribution in [0.25, 0.3) is 0 Å². The van der Waals surface area contributed by atoms with E-state index in [-0.39, 0.29) is 18.7 Å². The average molecular weight is 404 g/mol. The molecule has 1 atom stereocenters. The molecule has 0 saturated heterocycles. The summed E-state index contributed by atoms with van der Waals surface area (Å²) in [5.41, 5.74) is 7.14. The van der Waals surface area contributed by atoms with Crippen LogP contribution in [0.1, 0.15) is 46.1 Å². The molecule has 0 bridgehead atoms.